The van der Waals surface area contributed by atoms with Gasteiger partial charge in [-0.15, -0.1) is 0 Å². The summed E-state index contributed by atoms with van der Waals surface area (Å²) < 4.78 is 5.24. The van der Waals surface area contributed by atoms with Gasteiger partial charge < -0.3 is 20.9 Å². The summed E-state index contributed by atoms with van der Waals surface area (Å²) in [5, 5.41) is 13.3. The molecule has 1 aliphatic heterocycles. The van der Waals surface area contributed by atoms with Crippen LogP contribution in [0.4, 0.5) is 11.4 Å². The highest BCUT2D eigenvalue weighted by Gasteiger charge is 2.19. The number of methoxy groups -OCH3 is 1. The SMILES string of the molecule is COc1cc2c(cc1O)CCN(CCc1ccc(NC(=O)c3cc(Cl)ccc3N)cc1)C2. The predicted octanol–water partition coefficient (Wildman–Crippen LogP) is 4.49. The Morgan fingerprint density at radius 3 is 2.69 bits per heavy atom. The Balaban J connectivity index is 1.33. The van der Waals surface area contributed by atoms with Gasteiger partial charge in [-0.1, -0.05) is 23.7 Å². The molecule has 0 fully saturated rings. The highest BCUT2D eigenvalue weighted by molar-refractivity contribution is 6.31. The highest BCUT2D eigenvalue weighted by Crippen LogP contribution is 2.32. The number of hydrogen-bond acceptors (Lipinski definition) is 5. The highest BCUT2D eigenvalue weighted by atomic mass is 35.5. The Morgan fingerprint density at radius 2 is 1.94 bits per heavy atom. The maximum absolute atomic E-state index is 12.5. The first-order chi connectivity index (χ1) is 15.4. The van der Waals surface area contributed by atoms with E-state index in [1.807, 2.05) is 36.4 Å². The summed E-state index contributed by atoms with van der Waals surface area (Å²) in [4.78, 5) is 14.9. The number of nitrogens with zero attached hydrogens (tertiary/aromatic N) is 1. The number of hydrogen-bond donors (Lipinski definition) is 3. The van der Waals surface area contributed by atoms with E-state index in [0.717, 1.165) is 32.5 Å². The largest absolute Gasteiger partial charge is 0.504 e. The Labute approximate surface area is 192 Å². The number of carbonyl (C=O) groups excluding carboxylic acids is 1. The second kappa shape index (κ2) is 9.51. The van der Waals surface area contributed by atoms with Crippen LogP contribution in [0.25, 0.3) is 0 Å². The molecular weight excluding hydrogens is 426 g/mol. The molecule has 1 aliphatic rings. The molecule has 0 saturated heterocycles. The molecule has 0 unspecified atom stereocenters. The minimum atomic E-state index is -0.286. The molecule has 4 rings (SSSR count). The number of ether oxygens (including phenoxy) is 1. The molecule has 3 aromatic rings. The molecule has 0 radical (unpaired) electrons. The molecule has 0 saturated carbocycles. The first kappa shape index (κ1) is 22.0. The second-order valence-corrected chi connectivity index (χ2v) is 8.39. The number of halogens is 1. The third-order valence-corrected chi connectivity index (χ3v) is 6.02. The van der Waals surface area contributed by atoms with E-state index >= 15 is 0 Å². The first-order valence-corrected chi connectivity index (χ1v) is 10.9. The van der Waals surface area contributed by atoms with Crippen LogP contribution in [0, 0.1) is 0 Å². The zero-order chi connectivity index (χ0) is 22.7. The van der Waals surface area contributed by atoms with E-state index in [-0.39, 0.29) is 11.7 Å². The van der Waals surface area contributed by atoms with Crippen molar-refractivity contribution in [1.29, 1.82) is 0 Å². The maximum atomic E-state index is 12.5. The van der Waals surface area contributed by atoms with Crippen LogP contribution in [-0.4, -0.2) is 36.1 Å². The van der Waals surface area contributed by atoms with Crippen LogP contribution in [-0.2, 0) is 19.4 Å². The van der Waals surface area contributed by atoms with Crippen molar-refractivity contribution < 1.29 is 14.6 Å². The number of amides is 1. The standard InChI is InChI=1S/C25H26ClN3O3/c1-32-24-13-18-15-29(11-9-17(18)12-23(24)30)10-8-16-2-5-20(6-3-16)28-25(31)21-14-19(26)4-7-22(21)27/h2-7,12-14,30H,8-11,15,27H2,1H3,(H,28,31). The number of carbonyl (C=O) groups is 1. The summed E-state index contributed by atoms with van der Waals surface area (Å²) >= 11 is 5.98. The lowest BCUT2D eigenvalue weighted by atomic mass is 9.98. The molecule has 32 heavy (non-hydrogen) atoms. The Morgan fingerprint density at radius 1 is 1.16 bits per heavy atom. The number of benzene rings is 3. The van der Waals surface area contributed by atoms with Crippen molar-refractivity contribution in [2.24, 2.45) is 0 Å². The van der Waals surface area contributed by atoms with Crippen LogP contribution >= 0.6 is 11.6 Å². The zero-order valence-electron chi connectivity index (χ0n) is 17.9. The van der Waals surface area contributed by atoms with Crippen LogP contribution in [0.3, 0.4) is 0 Å². The summed E-state index contributed by atoms with van der Waals surface area (Å²) in [7, 11) is 1.57. The fourth-order valence-corrected chi connectivity index (χ4v) is 4.12. The summed E-state index contributed by atoms with van der Waals surface area (Å²) in [5.41, 5.74) is 10.9. The van der Waals surface area contributed by atoms with E-state index < -0.39 is 0 Å². The number of phenols is 1. The third kappa shape index (κ3) is 4.98. The zero-order valence-corrected chi connectivity index (χ0v) is 18.7. The fourth-order valence-electron chi connectivity index (χ4n) is 3.95. The monoisotopic (exact) mass is 451 g/mol. The van der Waals surface area contributed by atoms with Crippen molar-refractivity contribution in [3.05, 3.63) is 81.9 Å². The van der Waals surface area contributed by atoms with E-state index in [4.69, 9.17) is 22.1 Å². The molecule has 166 valence electrons. The predicted molar refractivity (Wildman–Crippen MR) is 128 cm³/mol. The number of phenolic OH excluding ortho intramolecular Hbond substituents is 1. The minimum absolute atomic E-state index is 0.199. The molecule has 7 heteroatoms. The lowest BCUT2D eigenvalue weighted by molar-refractivity contribution is 0.102. The van der Waals surface area contributed by atoms with E-state index in [1.165, 1.54) is 16.7 Å². The van der Waals surface area contributed by atoms with E-state index in [9.17, 15) is 9.90 Å². The number of rotatable bonds is 6. The van der Waals surface area contributed by atoms with Gasteiger partial charge in [-0.25, -0.2) is 0 Å². The quantitative estimate of drug-likeness (QED) is 0.480. The van der Waals surface area contributed by atoms with Crippen molar-refractivity contribution in [2.75, 3.05) is 31.2 Å². The number of aromatic hydroxyl groups is 1. The van der Waals surface area contributed by atoms with Gasteiger partial charge in [-0.2, -0.15) is 0 Å². The lowest BCUT2D eigenvalue weighted by Gasteiger charge is -2.29. The molecule has 3 aromatic carbocycles. The van der Waals surface area contributed by atoms with Gasteiger partial charge >= 0.3 is 0 Å². The number of nitrogens with two attached hydrogens (primary N) is 1. The normalized spacial score (nSPS) is 13.4. The number of nitrogens with one attached hydrogen (secondary N) is 1. The van der Waals surface area contributed by atoms with Crippen LogP contribution in [0.5, 0.6) is 11.5 Å². The number of fused-ring (bicyclic) bond motifs is 1. The summed E-state index contributed by atoms with van der Waals surface area (Å²) in [5.74, 6) is 0.430. The summed E-state index contributed by atoms with van der Waals surface area (Å²) in [6.45, 7) is 2.71. The van der Waals surface area contributed by atoms with Gasteiger partial charge in [-0.3, -0.25) is 9.69 Å². The Bertz CT molecular complexity index is 1130. The van der Waals surface area contributed by atoms with Crippen LogP contribution in [0.2, 0.25) is 5.02 Å². The van der Waals surface area contributed by atoms with Gasteiger partial charge in [0.1, 0.15) is 0 Å². The topological polar surface area (TPSA) is 87.8 Å². The van der Waals surface area contributed by atoms with Gasteiger partial charge in [0.25, 0.3) is 5.91 Å². The molecule has 1 heterocycles. The molecular formula is C25H26ClN3O3. The molecule has 0 spiro atoms. The average Bonchev–Trinajstić information content (AvgIpc) is 2.79. The third-order valence-electron chi connectivity index (χ3n) is 5.78. The minimum Gasteiger partial charge on any atom is -0.504 e. The first-order valence-electron chi connectivity index (χ1n) is 10.5. The summed E-state index contributed by atoms with van der Waals surface area (Å²) in [6, 6.07) is 16.4. The Hall–Kier alpha value is -3.22. The fraction of sp³-hybridized carbons (Fsp3) is 0.240. The average molecular weight is 452 g/mol. The smallest absolute Gasteiger partial charge is 0.257 e. The van der Waals surface area contributed by atoms with Gasteiger partial charge in [-0.05, 0) is 72.0 Å². The molecule has 0 aromatic heterocycles. The lowest BCUT2D eigenvalue weighted by Crippen LogP contribution is -2.32. The second-order valence-electron chi connectivity index (χ2n) is 7.95. The molecule has 6 nitrogen and oxygen atoms in total. The van der Waals surface area contributed by atoms with Crippen LogP contribution in [0.1, 0.15) is 27.0 Å². The Kier molecular flexibility index (Phi) is 6.53. The van der Waals surface area contributed by atoms with Gasteiger partial charge in [0.15, 0.2) is 11.5 Å². The van der Waals surface area contributed by atoms with Crippen LogP contribution < -0.4 is 15.8 Å². The van der Waals surface area contributed by atoms with E-state index in [2.05, 4.69) is 10.2 Å². The molecule has 0 bridgehead atoms. The van der Waals surface area contributed by atoms with E-state index in [0.29, 0.717) is 27.7 Å². The van der Waals surface area contributed by atoms with Gasteiger partial charge in [0.05, 0.1) is 12.7 Å². The van der Waals surface area contributed by atoms with Gasteiger partial charge in [0, 0.05) is 36.0 Å². The van der Waals surface area contributed by atoms with Crippen LogP contribution in [0.15, 0.2) is 54.6 Å². The van der Waals surface area contributed by atoms with Crippen molar-refractivity contribution >= 4 is 28.9 Å². The van der Waals surface area contributed by atoms with Crippen molar-refractivity contribution in [1.82, 2.24) is 4.90 Å². The van der Waals surface area contributed by atoms with Crippen molar-refractivity contribution in [2.45, 2.75) is 19.4 Å². The van der Waals surface area contributed by atoms with Crippen molar-refractivity contribution in [3.63, 3.8) is 0 Å². The maximum Gasteiger partial charge on any atom is 0.257 e. The molecule has 0 atom stereocenters. The number of anilines is 2. The molecule has 4 N–H and O–H groups in total. The van der Waals surface area contributed by atoms with E-state index in [1.54, 1.807) is 25.3 Å². The van der Waals surface area contributed by atoms with Crippen molar-refractivity contribution in [3.8, 4) is 11.5 Å². The number of nitrogen functional groups attached to an aromatic ring is 1. The molecule has 1 amide bonds. The summed E-state index contributed by atoms with van der Waals surface area (Å²) in [6.07, 6.45) is 1.81. The van der Waals surface area contributed by atoms with Gasteiger partial charge in [0.2, 0.25) is 0 Å². The molecule has 0 aliphatic carbocycles.